The number of ether oxygens (including phenoxy) is 1. The standard InChI is InChI=1S/C12H15N3O2S2.ClH/c1-2-17-12(16)15-5-3-7-8(4-6-15)18-10-9(7)19-11(13)14-10;/h2-6H2,1H3,(H2,13,14);1H. The molecule has 2 aromatic heterocycles. The molecule has 0 spiro atoms. The van der Waals surface area contributed by atoms with Gasteiger partial charge in [0.2, 0.25) is 0 Å². The zero-order valence-corrected chi connectivity index (χ0v) is 13.5. The minimum Gasteiger partial charge on any atom is -0.450 e. The number of carbonyl (C=O) groups excluding carboxylic acids is 1. The smallest absolute Gasteiger partial charge is 0.409 e. The summed E-state index contributed by atoms with van der Waals surface area (Å²) in [5.74, 6) is 0. The van der Waals surface area contributed by atoms with Crippen molar-refractivity contribution in [2.24, 2.45) is 0 Å². The number of thiazole rings is 1. The first-order valence-corrected chi connectivity index (χ1v) is 7.90. The van der Waals surface area contributed by atoms with E-state index in [1.54, 1.807) is 27.6 Å². The first kappa shape index (κ1) is 15.3. The maximum atomic E-state index is 11.8. The Hall–Kier alpha value is -1.05. The second-order valence-electron chi connectivity index (χ2n) is 4.38. The van der Waals surface area contributed by atoms with Gasteiger partial charge in [-0.25, -0.2) is 9.78 Å². The number of anilines is 1. The van der Waals surface area contributed by atoms with Gasteiger partial charge in [0, 0.05) is 18.0 Å². The molecule has 0 saturated heterocycles. The van der Waals surface area contributed by atoms with Crippen LogP contribution in [0.3, 0.4) is 0 Å². The van der Waals surface area contributed by atoms with Gasteiger partial charge in [-0.3, -0.25) is 0 Å². The van der Waals surface area contributed by atoms with Crippen molar-refractivity contribution in [1.82, 2.24) is 9.88 Å². The van der Waals surface area contributed by atoms with E-state index in [-0.39, 0.29) is 18.5 Å². The summed E-state index contributed by atoms with van der Waals surface area (Å²) in [5.41, 5.74) is 7.07. The van der Waals surface area contributed by atoms with Crippen LogP contribution >= 0.6 is 35.1 Å². The molecule has 0 atom stereocenters. The molecule has 0 saturated carbocycles. The number of hydrogen-bond donors (Lipinski definition) is 1. The Bertz CT molecular complexity index is 626. The summed E-state index contributed by atoms with van der Waals surface area (Å²) < 4.78 is 6.26. The van der Waals surface area contributed by atoms with Crippen LogP contribution in [0.5, 0.6) is 0 Å². The lowest BCUT2D eigenvalue weighted by molar-refractivity contribution is 0.109. The number of aromatic nitrogens is 1. The van der Waals surface area contributed by atoms with Crippen LogP contribution in [0.2, 0.25) is 0 Å². The van der Waals surface area contributed by atoms with Gasteiger partial charge in [-0.05, 0) is 25.3 Å². The summed E-state index contributed by atoms with van der Waals surface area (Å²) in [4.78, 5) is 20.3. The van der Waals surface area contributed by atoms with Gasteiger partial charge in [0.1, 0.15) is 4.83 Å². The first-order chi connectivity index (χ1) is 9.19. The van der Waals surface area contributed by atoms with E-state index in [1.165, 1.54) is 15.1 Å². The molecule has 2 aromatic rings. The first-order valence-electron chi connectivity index (χ1n) is 6.27. The Balaban J connectivity index is 0.00000147. The molecule has 0 unspecified atom stereocenters. The second-order valence-corrected chi connectivity index (χ2v) is 6.49. The molecule has 1 aliphatic heterocycles. The van der Waals surface area contributed by atoms with Crippen molar-refractivity contribution < 1.29 is 9.53 Å². The number of fused-ring (bicyclic) bond motifs is 3. The highest BCUT2D eigenvalue weighted by atomic mass is 35.5. The van der Waals surface area contributed by atoms with E-state index in [2.05, 4.69) is 4.98 Å². The van der Waals surface area contributed by atoms with Crippen molar-refractivity contribution in [2.75, 3.05) is 25.4 Å². The van der Waals surface area contributed by atoms with E-state index in [9.17, 15) is 4.79 Å². The van der Waals surface area contributed by atoms with Gasteiger partial charge in [-0.1, -0.05) is 11.3 Å². The molecule has 0 aromatic carbocycles. The van der Waals surface area contributed by atoms with E-state index in [4.69, 9.17) is 10.5 Å². The average Bonchev–Trinajstić information content (AvgIpc) is 2.78. The van der Waals surface area contributed by atoms with Crippen molar-refractivity contribution in [1.29, 1.82) is 0 Å². The molecule has 110 valence electrons. The van der Waals surface area contributed by atoms with Crippen LogP contribution < -0.4 is 5.73 Å². The fourth-order valence-electron chi connectivity index (χ4n) is 2.33. The Morgan fingerprint density at radius 1 is 1.40 bits per heavy atom. The summed E-state index contributed by atoms with van der Waals surface area (Å²) in [7, 11) is 0. The number of amides is 1. The quantitative estimate of drug-likeness (QED) is 0.871. The molecular formula is C12H16ClN3O2S2. The molecule has 3 rings (SSSR count). The molecule has 0 aliphatic carbocycles. The van der Waals surface area contributed by atoms with Gasteiger partial charge in [0.25, 0.3) is 0 Å². The molecule has 1 aliphatic rings. The molecule has 2 N–H and O–H groups in total. The lowest BCUT2D eigenvalue weighted by Crippen LogP contribution is -2.33. The Kier molecular flexibility index (Phi) is 4.72. The molecule has 0 bridgehead atoms. The molecule has 0 radical (unpaired) electrons. The predicted molar refractivity (Wildman–Crippen MR) is 85.2 cm³/mol. The van der Waals surface area contributed by atoms with E-state index in [1.807, 2.05) is 6.92 Å². The van der Waals surface area contributed by atoms with Crippen LogP contribution in [0.15, 0.2) is 0 Å². The highest BCUT2D eigenvalue weighted by molar-refractivity contribution is 7.29. The van der Waals surface area contributed by atoms with E-state index in [0.29, 0.717) is 18.3 Å². The predicted octanol–water partition coefficient (Wildman–Crippen LogP) is 2.92. The summed E-state index contributed by atoms with van der Waals surface area (Å²) in [6.07, 6.45) is 1.52. The molecule has 8 heteroatoms. The number of thiophene rings is 1. The SMILES string of the molecule is CCOC(=O)N1CCc2sc3nc(N)sc3c2CC1.Cl. The number of nitrogens with zero attached hydrogens (tertiary/aromatic N) is 2. The third kappa shape index (κ3) is 2.70. The molecule has 0 fully saturated rings. The molecule has 1 amide bonds. The van der Waals surface area contributed by atoms with E-state index >= 15 is 0 Å². The van der Waals surface area contributed by atoms with Crippen LogP contribution in [0.1, 0.15) is 17.4 Å². The minimum absolute atomic E-state index is 0. The fourth-order valence-corrected chi connectivity index (χ4v) is 4.65. The topological polar surface area (TPSA) is 68.5 Å². The molecule has 3 heterocycles. The van der Waals surface area contributed by atoms with Crippen molar-refractivity contribution in [3.63, 3.8) is 0 Å². The highest BCUT2D eigenvalue weighted by Crippen LogP contribution is 2.38. The third-order valence-electron chi connectivity index (χ3n) is 3.21. The second kappa shape index (κ2) is 6.15. The normalized spacial score (nSPS) is 14.6. The lowest BCUT2D eigenvalue weighted by Gasteiger charge is -2.18. The summed E-state index contributed by atoms with van der Waals surface area (Å²) >= 11 is 3.25. The van der Waals surface area contributed by atoms with Gasteiger partial charge >= 0.3 is 6.09 Å². The molecular weight excluding hydrogens is 318 g/mol. The number of nitrogens with two attached hydrogens (primary N) is 1. The van der Waals surface area contributed by atoms with Crippen molar-refractivity contribution >= 4 is 55.8 Å². The van der Waals surface area contributed by atoms with Crippen molar-refractivity contribution in [3.8, 4) is 0 Å². The number of hydrogen-bond acceptors (Lipinski definition) is 6. The maximum absolute atomic E-state index is 11.8. The maximum Gasteiger partial charge on any atom is 0.409 e. The van der Waals surface area contributed by atoms with Gasteiger partial charge < -0.3 is 15.4 Å². The van der Waals surface area contributed by atoms with Crippen molar-refractivity contribution in [3.05, 3.63) is 10.4 Å². The van der Waals surface area contributed by atoms with Crippen LogP contribution in [0.4, 0.5) is 9.93 Å². The molecule has 5 nitrogen and oxygen atoms in total. The summed E-state index contributed by atoms with van der Waals surface area (Å²) in [6.45, 7) is 3.67. The van der Waals surface area contributed by atoms with E-state index < -0.39 is 0 Å². The number of rotatable bonds is 1. The van der Waals surface area contributed by atoms with Crippen LogP contribution in [-0.2, 0) is 17.6 Å². The largest absolute Gasteiger partial charge is 0.450 e. The minimum atomic E-state index is -0.210. The zero-order valence-electron chi connectivity index (χ0n) is 11.0. The van der Waals surface area contributed by atoms with Crippen LogP contribution in [-0.4, -0.2) is 35.7 Å². The van der Waals surface area contributed by atoms with Crippen LogP contribution in [0.25, 0.3) is 9.53 Å². The van der Waals surface area contributed by atoms with Gasteiger partial charge in [-0.15, -0.1) is 23.7 Å². The summed E-state index contributed by atoms with van der Waals surface area (Å²) in [6, 6.07) is 0. The lowest BCUT2D eigenvalue weighted by atomic mass is 10.2. The number of carbonyl (C=O) groups is 1. The van der Waals surface area contributed by atoms with Gasteiger partial charge in [0.05, 0.1) is 11.3 Å². The number of nitrogen functional groups attached to an aromatic ring is 1. The van der Waals surface area contributed by atoms with Crippen molar-refractivity contribution in [2.45, 2.75) is 19.8 Å². The Labute approximate surface area is 131 Å². The van der Waals surface area contributed by atoms with Gasteiger partial charge in [-0.2, -0.15) is 0 Å². The fraction of sp³-hybridized carbons (Fsp3) is 0.500. The average molecular weight is 334 g/mol. The van der Waals surface area contributed by atoms with Crippen LogP contribution in [0, 0.1) is 0 Å². The van der Waals surface area contributed by atoms with E-state index in [0.717, 1.165) is 24.2 Å². The Morgan fingerprint density at radius 3 is 2.90 bits per heavy atom. The third-order valence-corrected chi connectivity index (χ3v) is 5.47. The Morgan fingerprint density at radius 2 is 2.15 bits per heavy atom. The highest BCUT2D eigenvalue weighted by Gasteiger charge is 2.23. The zero-order chi connectivity index (χ0) is 13.4. The number of halogens is 1. The summed E-state index contributed by atoms with van der Waals surface area (Å²) in [5, 5.41) is 0.621. The van der Waals surface area contributed by atoms with Gasteiger partial charge in [0.15, 0.2) is 5.13 Å². The molecule has 20 heavy (non-hydrogen) atoms. The monoisotopic (exact) mass is 333 g/mol.